The van der Waals surface area contributed by atoms with E-state index in [1.165, 1.54) is 11.1 Å². The highest BCUT2D eigenvalue weighted by atomic mass is 16.2. The molecule has 1 amide bonds. The van der Waals surface area contributed by atoms with Crippen LogP contribution in [0.2, 0.25) is 0 Å². The number of amides is 1. The standard InChI is InChI=1S/C29H30N4O/c1-29(24-6-4-5-7-26(24)30-28(29)34)17-16-21-12-14-23-25(31-32-27(23)18-21)15-13-20-8-10-22(11-9-20)19-33(2)3/h4-15,18H,16-17,19H2,1-3H3,(H,30,34)(H,31,32)/b15-13+/t29-/m0/s1. The number of para-hydroxylation sites is 1. The zero-order chi connectivity index (χ0) is 23.7. The number of nitrogens with zero attached hydrogens (tertiary/aromatic N) is 2. The highest BCUT2D eigenvalue weighted by Gasteiger charge is 2.41. The molecule has 5 nitrogen and oxygen atoms in total. The summed E-state index contributed by atoms with van der Waals surface area (Å²) in [5, 5.41) is 11.8. The third-order valence-electron chi connectivity index (χ3n) is 6.75. The van der Waals surface area contributed by atoms with E-state index >= 15 is 0 Å². The van der Waals surface area contributed by atoms with Crippen LogP contribution in [0.4, 0.5) is 5.69 Å². The van der Waals surface area contributed by atoms with Gasteiger partial charge in [-0.1, -0.05) is 60.7 Å². The molecule has 34 heavy (non-hydrogen) atoms. The summed E-state index contributed by atoms with van der Waals surface area (Å²) in [5.74, 6) is 0.0819. The summed E-state index contributed by atoms with van der Waals surface area (Å²) in [5.41, 5.74) is 7.10. The molecule has 2 N–H and O–H groups in total. The van der Waals surface area contributed by atoms with Gasteiger partial charge in [-0.05, 0) is 74.3 Å². The van der Waals surface area contributed by atoms with Crippen LogP contribution in [0.15, 0.2) is 66.7 Å². The first-order valence-electron chi connectivity index (χ1n) is 11.7. The Kier molecular flexibility index (Phi) is 5.80. The Morgan fingerprint density at radius 3 is 2.53 bits per heavy atom. The molecular formula is C29H30N4O. The smallest absolute Gasteiger partial charge is 0.234 e. The van der Waals surface area contributed by atoms with Gasteiger partial charge in [0.2, 0.25) is 5.91 Å². The number of carbonyl (C=O) groups excluding carboxylic acids is 1. The molecule has 3 aromatic carbocycles. The maximum Gasteiger partial charge on any atom is 0.234 e. The van der Waals surface area contributed by atoms with Crippen molar-refractivity contribution < 1.29 is 4.79 Å². The number of hydrogen-bond donors (Lipinski definition) is 2. The number of aromatic nitrogens is 2. The van der Waals surface area contributed by atoms with Gasteiger partial charge in [0.15, 0.2) is 0 Å². The lowest BCUT2D eigenvalue weighted by Gasteiger charge is -2.22. The summed E-state index contributed by atoms with van der Waals surface area (Å²) in [6.45, 7) is 2.98. The van der Waals surface area contributed by atoms with Crippen molar-refractivity contribution in [3.05, 3.63) is 94.7 Å². The summed E-state index contributed by atoms with van der Waals surface area (Å²) in [7, 11) is 4.15. The lowest BCUT2D eigenvalue weighted by Crippen LogP contribution is -2.31. The molecule has 172 valence electrons. The van der Waals surface area contributed by atoms with E-state index in [9.17, 15) is 4.79 Å². The number of anilines is 1. The number of aryl methyl sites for hydroxylation is 1. The number of hydrogen-bond acceptors (Lipinski definition) is 3. The summed E-state index contributed by atoms with van der Waals surface area (Å²) < 4.78 is 0. The van der Waals surface area contributed by atoms with Gasteiger partial charge in [0.25, 0.3) is 0 Å². The van der Waals surface area contributed by atoms with Crippen molar-refractivity contribution in [2.45, 2.75) is 31.7 Å². The largest absolute Gasteiger partial charge is 0.325 e. The van der Waals surface area contributed by atoms with E-state index in [0.29, 0.717) is 0 Å². The Labute approximate surface area is 200 Å². The summed E-state index contributed by atoms with van der Waals surface area (Å²) in [6.07, 6.45) is 5.73. The molecule has 5 heteroatoms. The van der Waals surface area contributed by atoms with E-state index in [2.05, 4.69) is 95.2 Å². The highest BCUT2D eigenvalue weighted by Crippen LogP contribution is 2.40. The van der Waals surface area contributed by atoms with Gasteiger partial charge >= 0.3 is 0 Å². The van der Waals surface area contributed by atoms with E-state index in [-0.39, 0.29) is 5.91 Å². The van der Waals surface area contributed by atoms with Gasteiger partial charge in [0.1, 0.15) is 0 Å². The summed E-state index contributed by atoms with van der Waals surface area (Å²) >= 11 is 0. The predicted octanol–water partition coefficient (Wildman–Crippen LogP) is 5.64. The fourth-order valence-corrected chi connectivity index (χ4v) is 4.74. The van der Waals surface area contributed by atoms with Crippen molar-refractivity contribution in [1.29, 1.82) is 0 Å². The van der Waals surface area contributed by atoms with Gasteiger partial charge in [-0.3, -0.25) is 9.89 Å². The van der Waals surface area contributed by atoms with Crippen LogP contribution in [0.5, 0.6) is 0 Å². The van der Waals surface area contributed by atoms with Crippen molar-refractivity contribution in [3.63, 3.8) is 0 Å². The zero-order valence-electron chi connectivity index (χ0n) is 19.9. The van der Waals surface area contributed by atoms with Crippen LogP contribution < -0.4 is 5.32 Å². The quantitative estimate of drug-likeness (QED) is 0.383. The van der Waals surface area contributed by atoms with Crippen LogP contribution in [0.1, 0.15) is 41.3 Å². The van der Waals surface area contributed by atoms with Crippen molar-refractivity contribution in [3.8, 4) is 0 Å². The second-order valence-electron chi connectivity index (χ2n) is 9.63. The minimum atomic E-state index is -0.504. The van der Waals surface area contributed by atoms with Gasteiger partial charge < -0.3 is 10.2 Å². The molecule has 4 aromatic rings. The van der Waals surface area contributed by atoms with E-state index in [1.807, 2.05) is 25.1 Å². The summed E-state index contributed by atoms with van der Waals surface area (Å²) in [6, 6.07) is 23.0. The molecule has 0 spiro atoms. The number of rotatable bonds is 7. The molecule has 0 aliphatic carbocycles. The van der Waals surface area contributed by atoms with Crippen LogP contribution in [-0.4, -0.2) is 35.1 Å². The maximum atomic E-state index is 12.7. The number of fused-ring (bicyclic) bond motifs is 2. The Hall–Kier alpha value is -3.70. The first kappa shape index (κ1) is 22.1. The van der Waals surface area contributed by atoms with Crippen LogP contribution in [0, 0.1) is 0 Å². The van der Waals surface area contributed by atoms with Gasteiger partial charge in [0.05, 0.1) is 16.6 Å². The molecule has 1 aromatic heterocycles. The second kappa shape index (κ2) is 8.92. The molecule has 1 aliphatic heterocycles. The second-order valence-corrected chi connectivity index (χ2v) is 9.63. The Morgan fingerprint density at radius 1 is 0.971 bits per heavy atom. The third-order valence-corrected chi connectivity index (χ3v) is 6.75. The van der Waals surface area contributed by atoms with E-state index in [1.54, 1.807) is 0 Å². The number of benzene rings is 3. The molecule has 1 aliphatic rings. The molecule has 0 saturated heterocycles. The van der Waals surface area contributed by atoms with Crippen LogP contribution in [0.25, 0.3) is 23.1 Å². The average Bonchev–Trinajstić information content (AvgIpc) is 3.35. The zero-order valence-corrected chi connectivity index (χ0v) is 19.9. The number of carbonyl (C=O) groups is 1. The molecule has 0 saturated carbocycles. The minimum absolute atomic E-state index is 0.0819. The average molecular weight is 451 g/mol. The van der Waals surface area contributed by atoms with E-state index < -0.39 is 5.41 Å². The predicted molar refractivity (Wildman–Crippen MR) is 140 cm³/mol. The first-order chi connectivity index (χ1) is 16.4. The van der Waals surface area contributed by atoms with E-state index in [0.717, 1.165) is 52.8 Å². The number of H-pyrrole nitrogens is 1. The SMILES string of the molecule is CN(C)Cc1ccc(/C=C/c2n[nH]c3cc(CC[C@]4(C)C(=O)Nc5ccccc54)ccc23)cc1. The van der Waals surface area contributed by atoms with Gasteiger partial charge in [-0.25, -0.2) is 0 Å². The Bertz CT molecular complexity index is 1370. The van der Waals surface area contributed by atoms with Gasteiger partial charge in [-0.2, -0.15) is 5.10 Å². The lowest BCUT2D eigenvalue weighted by molar-refractivity contribution is -0.120. The molecule has 5 rings (SSSR count). The van der Waals surface area contributed by atoms with Crippen molar-refractivity contribution in [2.24, 2.45) is 0 Å². The van der Waals surface area contributed by atoms with Crippen LogP contribution in [0.3, 0.4) is 0 Å². The van der Waals surface area contributed by atoms with Crippen molar-refractivity contribution in [2.75, 3.05) is 19.4 Å². The van der Waals surface area contributed by atoms with Crippen molar-refractivity contribution >= 4 is 34.6 Å². The number of nitrogens with one attached hydrogen (secondary N) is 2. The Morgan fingerprint density at radius 2 is 1.74 bits per heavy atom. The molecule has 1 atom stereocenters. The van der Waals surface area contributed by atoms with Crippen molar-refractivity contribution in [1.82, 2.24) is 15.1 Å². The Balaban J connectivity index is 1.29. The molecule has 0 bridgehead atoms. The van der Waals surface area contributed by atoms with Crippen LogP contribution >= 0.6 is 0 Å². The third kappa shape index (κ3) is 4.27. The molecule has 0 fully saturated rings. The van der Waals surface area contributed by atoms with Gasteiger partial charge in [0, 0.05) is 17.6 Å². The number of aromatic amines is 1. The van der Waals surface area contributed by atoms with Gasteiger partial charge in [-0.15, -0.1) is 0 Å². The first-order valence-corrected chi connectivity index (χ1v) is 11.7. The lowest BCUT2D eigenvalue weighted by atomic mass is 9.79. The van der Waals surface area contributed by atoms with Crippen LogP contribution in [-0.2, 0) is 23.2 Å². The minimum Gasteiger partial charge on any atom is -0.325 e. The fraction of sp³-hybridized carbons (Fsp3) is 0.241. The maximum absolute atomic E-state index is 12.7. The molecule has 2 heterocycles. The fourth-order valence-electron chi connectivity index (χ4n) is 4.74. The molecular weight excluding hydrogens is 420 g/mol. The monoisotopic (exact) mass is 450 g/mol. The summed E-state index contributed by atoms with van der Waals surface area (Å²) in [4.78, 5) is 14.9. The topological polar surface area (TPSA) is 61.0 Å². The molecule has 0 radical (unpaired) electrons. The van der Waals surface area contributed by atoms with E-state index in [4.69, 9.17) is 0 Å². The normalized spacial score (nSPS) is 17.6. The molecule has 0 unspecified atom stereocenters. The highest BCUT2D eigenvalue weighted by molar-refractivity contribution is 6.05.